The molecule has 1 heteroatoms. The number of hydrogen-bond donors (Lipinski definition) is 0. The van der Waals surface area contributed by atoms with E-state index in [1.807, 2.05) is 0 Å². The van der Waals surface area contributed by atoms with Gasteiger partial charge in [-0.05, 0) is 17.8 Å². The van der Waals surface area contributed by atoms with E-state index in [-0.39, 0.29) is 0 Å². The third-order valence-corrected chi connectivity index (χ3v) is 3.23. The van der Waals surface area contributed by atoms with Crippen LogP contribution in [0.5, 0.6) is 0 Å². The van der Waals surface area contributed by atoms with E-state index in [1.165, 1.54) is 12.8 Å². The van der Waals surface area contributed by atoms with Gasteiger partial charge in [0, 0.05) is 12.3 Å². The molecule has 0 bridgehead atoms. The van der Waals surface area contributed by atoms with Crippen molar-refractivity contribution in [2.75, 3.05) is 0 Å². The maximum atomic E-state index is 11.7. The third-order valence-electron chi connectivity index (χ3n) is 3.23. The lowest BCUT2D eigenvalue weighted by atomic mass is 9.95. The Bertz CT molecular complexity index is 193. The number of carbonyl (C=O) groups excluding carboxylic acids is 1. The van der Waals surface area contributed by atoms with Crippen LogP contribution in [-0.4, -0.2) is 5.78 Å². The van der Waals surface area contributed by atoms with Gasteiger partial charge in [0.05, 0.1) is 0 Å². The first-order chi connectivity index (χ1) is 5.97. The number of rotatable bonds is 5. The molecule has 0 aromatic rings. The van der Waals surface area contributed by atoms with Crippen LogP contribution in [0.15, 0.2) is 0 Å². The summed E-state index contributed by atoms with van der Waals surface area (Å²) in [4.78, 5) is 11.7. The highest BCUT2D eigenvalue weighted by Gasteiger charge is 2.49. The fourth-order valence-electron chi connectivity index (χ4n) is 2.10. The van der Waals surface area contributed by atoms with Gasteiger partial charge in [-0.3, -0.25) is 4.79 Å². The lowest BCUT2D eigenvalue weighted by Crippen LogP contribution is -2.10. The SMILES string of the molecule is CCCC(C)CC(=O)C1CC1(C)C. The summed E-state index contributed by atoms with van der Waals surface area (Å²) in [5.41, 5.74) is 0.322. The maximum absolute atomic E-state index is 11.7. The fourth-order valence-corrected chi connectivity index (χ4v) is 2.10. The summed E-state index contributed by atoms with van der Waals surface area (Å²) in [5, 5.41) is 0. The molecule has 0 saturated heterocycles. The zero-order valence-corrected chi connectivity index (χ0v) is 9.39. The van der Waals surface area contributed by atoms with Gasteiger partial charge in [-0.1, -0.05) is 40.5 Å². The van der Waals surface area contributed by atoms with Crippen LogP contribution in [-0.2, 0) is 4.79 Å². The average molecular weight is 182 g/mol. The highest BCUT2D eigenvalue weighted by Crippen LogP contribution is 2.52. The molecule has 1 aliphatic carbocycles. The van der Waals surface area contributed by atoms with E-state index in [4.69, 9.17) is 0 Å². The van der Waals surface area contributed by atoms with Crippen molar-refractivity contribution in [3.63, 3.8) is 0 Å². The van der Waals surface area contributed by atoms with Gasteiger partial charge in [-0.2, -0.15) is 0 Å². The molecule has 0 aromatic carbocycles. The van der Waals surface area contributed by atoms with Crippen LogP contribution in [0.25, 0.3) is 0 Å². The standard InChI is InChI=1S/C12H22O/c1-5-6-9(2)7-11(13)10-8-12(10,3)4/h9-10H,5-8H2,1-4H3. The Balaban J connectivity index is 2.27. The topological polar surface area (TPSA) is 17.1 Å². The van der Waals surface area contributed by atoms with Crippen molar-refractivity contribution in [1.29, 1.82) is 0 Å². The Morgan fingerprint density at radius 2 is 2.08 bits per heavy atom. The third kappa shape index (κ3) is 2.82. The van der Waals surface area contributed by atoms with Crippen LogP contribution in [0.4, 0.5) is 0 Å². The second kappa shape index (κ2) is 3.81. The first-order valence-corrected chi connectivity index (χ1v) is 5.50. The molecular weight excluding hydrogens is 160 g/mol. The predicted octanol–water partition coefficient (Wildman–Crippen LogP) is 3.43. The minimum absolute atomic E-state index is 0.322. The molecular formula is C12H22O. The minimum atomic E-state index is 0.322. The molecule has 76 valence electrons. The molecule has 1 aliphatic rings. The van der Waals surface area contributed by atoms with Gasteiger partial charge in [0.25, 0.3) is 0 Å². The van der Waals surface area contributed by atoms with E-state index in [0.717, 1.165) is 12.8 Å². The Hall–Kier alpha value is -0.330. The lowest BCUT2D eigenvalue weighted by molar-refractivity contribution is -0.121. The number of Topliss-reactive ketones (excluding diaryl/α,β-unsaturated/α-hetero) is 1. The molecule has 0 radical (unpaired) electrons. The van der Waals surface area contributed by atoms with Crippen molar-refractivity contribution in [1.82, 2.24) is 0 Å². The first kappa shape index (κ1) is 10.7. The molecule has 0 amide bonds. The van der Waals surface area contributed by atoms with E-state index in [9.17, 15) is 4.79 Å². The molecule has 1 saturated carbocycles. The van der Waals surface area contributed by atoms with Gasteiger partial charge in [0.15, 0.2) is 0 Å². The molecule has 0 heterocycles. The molecule has 0 aliphatic heterocycles. The van der Waals surface area contributed by atoms with Gasteiger partial charge < -0.3 is 0 Å². The van der Waals surface area contributed by atoms with E-state index in [2.05, 4.69) is 27.7 Å². The number of ketones is 1. The molecule has 1 nitrogen and oxygen atoms in total. The van der Waals surface area contributed by atoms with Crippen LogP contribution >= 0.6 is 0 Å². The van der Waals surface area contributed by atoms with Gasteiger partial charge >= 0.3 is 0 Å². The molecule has 1 rings (SSSR count). The monoisotopic (exact) mass is 182 g/mol. The van der Waals surface area contributed by atoms with Crippen molar-refractivity contribution in [3.05, 3.63) is 0 Å². The Kier molecular flexibility index (Phi) is 3.15. The molecule has 0 N–H and O–H groups in total. The Morgan fingerprint density at radius 1 is 1.54 bits per heavy atom. The van der Waals surface area contributed by atoms with Crippen molar-refractivity contribution in [2.24, 2.45) is 17.3 Å². The minimum Gasteiger partial charge on any atom is -0.299 e. The molecule has 2 unspecified atom stereocenters. The zero-order chi connectivity index (χ0) is 10.1. The van der Waals surface area contributed by atoms with E-state index in [1.54, 1.807) is 0 Å². The van der Waals surface area contributed by atoms with Gasteiger partial charge in [0.1, 0.15) is 5.78 Å². The van der Waals surface area contributed by atoms with E-state index >= 15 is 0 Å². The van der Waals surface area contributed by atoms with E-state index in [0.29, 0.717) is 23.0 Å². The maximum Gasteiger partial charge on any atom is 0.136 e. The largest absolute Gasteiger partial charge is 0.299 e. The van der Waals surface area contributed by atoms with Crippen molar-refractivity contribution in [3.8, 4) is 0 Å². The fraction of sp³-hybridized carbons (Fsp3) is 0.917. The lowest BCUT2D eigenvalue weighted by Gasteiger charge is -2.09. The summed E-state index contributed by atoms with van der Waals surface area (Å²) < 4.78 is 0. The molecule has 0 aromatic heterocycles. The summed E-state index contributed by atoms with van der Waals surface area (Å²) in [6, 6.07) is 0. The highest BCUT2D eigenvalue weighted by molar-refractivity contribution is 5.84. The van der Waals surface area contributed by atoms with Crippen molar-refractivity contribution >= 4 is 5.78 Å². The van der Waals surface area contributed by atoms with Crippen LogP contribution in [0.3, 0.4) is 0 Å². The Labute approximate surface area is 81.9 Å². The van der Waals surface area contributed by atoms with Gasteiger partial charge in [0.2, 0.25) is 0 Å². The smallest absolute Gasteiger partial charge is 0.136 e. The number of hydrogen-bond acceptors (Lipinski definition) is 1. The van der Waals surface area contributed by atoms with Crippen LogP contribution in [0.1, 0.15) is 53.4 Å². The average Bonchev–Trinajstić information content (AvgIpc) is 2.60. The van der Waals surface area contributed by atoms with E-state index < -0.39 is 0 Å². The summed E-state index contributed by atoms with van der Waals surface area (Å²) in [6.07, 6.45) is 4.31. The van der Waals surface area contributed by atoms with Crippen LogP contribution < -0.4 is 0 Å². The number of carbonyl (C=O) groups is 1. The quantitative estimate of drug-likeness (QED) is 0.636. The van der Waals surface area contributed by atoms with Gasteiger partial charge in [-0.15, -0.1) is 0 Å². The molecule has 2 atom stereocenters. The summed E-state index contributed by atoms with van der Waals surface area (Å²) in [5.74, 6) is 1.48. The summed E-state index contributed by atoms with van der Waals surface area (Å²) >= 11 is 0. The second-order valence-corrected chi connectivity index (χ2v) is 5.31. The van der Waals surface area contributed by atoms with Crippen molar-refractivity contribution in [2.45, 2.75) is 53.4 Å². The molecule has 0 spiro atoms. The summed E-state index contributed by atoms with van der Waals surface area (Å²) in [6.45, 7) is 8.76. The zero-order valence-electron chi connectivity index (χ0n) is 9.39. The molecule has 1 fully saturated rings. The first-order valence-electron chi connectivity index (χ1n) is 5.50. The van der Waals surface area contributed by atoms with Crippen LogP contribution in [0.2, 0.25) is 0 Å². The normalized spacial score (nSPS) is 26.9. The highest BCUT2D eigenvalue weighted by atomic mass is 16.1. The summed E-state index contributed by atoms with van der Waals surface area (Å²) in [7, 11) is 0. The van der Waals surface area contributed by atoms with Gasteiger partial charge in [-0.25, -0.2) is 0 Å². The van der Waals surface area contributed by atoms with Crippen molar-refractivity contribution < 1.29 is 4.79 Å². The molecule has 13 heavy (non-hydrogen) atoms. The second-order valence-electron chi connectivity index (χ2n) is 5.31. The van der Waals surface area contributed by atoms with Crippen LogP contribution in [0, 0.1) is 17.3 Å². The Morgan fingerprint density at radius 3 is 2.46 bits per heavy atom. The predicted molar refractivity (Wildman–Crippen MR) is 55.6 cm³/mol.